The highest BCUT2D eigenvalue weighted by Gasteiger charge is 2.09. The molecule has 0 radical (unpaired) electrons. The van der Waals surface area contributed by atoms with E-state index < -0.39 is 5.97 Å². The highest BCUT2D eigenvalue weighted by molar-refractivity contribution is 5.70. The number of benzene rings is 1. The molecule has 0 spiro atoms. The van der Waals surface area contributed by atoms with Gasteiger partial charge in [0.15, 0.2) is 5.82 Å². The first-order valence-electron chi connectivity index (χ1n) is 7.55. The van der Waals surface area contributed by atoms with Crippen LogP contribution in [-0.4, -0.2) is 25.8 Å². The second-order valence-corrected chi connectivity index (χ2v) is 5.71. The van der Waals surface area contributed by atoms with Crippen LogP contribution in [0.25, 0.3) is 5.82 Å². The molecule has 0 fully saturated rings. The molecule has 0 amide bonds. The predicted octanol–water partition coefficient (Wildman–Crippen LogP) is 2.09. The fourth-order valence-electron chi connectivity index (χ4n) is 2.50. The van der Waals surface area contributed by atoms with E-state index in [-0.39, 0.29) is 12.0 Å². The zero-order valence-electron chi connectivity index (χ0n) is 13.2. The Morgan fingerprint density at radius 2 is 1.92 bits per heavy atom. The molecule has 122 valence electrons. The van der Waals surface area contributed by atoms with Crippen molar-refractivity contribution in [1.82, 2.24) is 14.8 Å². The molecule has 0 aliphatic heterocycles. The van der Waals surface area contributed by atoms with E-state index in [9.17, 15) is 9.59 Å². The number of carbonyl (C=O) groups is 1. The normalized spacial score (nSPS) is 10.7. The number of aryl methyl sites for hydroxylation is 1. The van der Waals surface area contributed by atoms with Crippen molar-refractivity contribution in [3.05, 3.63) is 81.4 Å². The lowest BCUT2D eigenvalue weighted by Gasteiger charge is -2.04. The Kier molecular flexibility index (Phi) is 4.29. The molecule has 0 saturated heterocycles. The van der Waals surface area contributed by atoms with E-state index in [1.54, 1.807) is 12.1 Å². The number of aromatic amines is 1. The van der Waals surface area contributed by atoms with Crippen molar-refractivity contribution in [3.8, 4) is 5.82 Å². The number of nitrogens with one attached hydrogen (secondary N) is 1. The lowest BCUT2D eigenvalue weighted by atomic mass is 10.1. The van der Waals surface area contributed by atoms with Crippen LogP contribution in [0.2, 0.25) is 0 Å². The van der Waals surface area contributed by atoms with Gasteiger partial charge in [-0.15, -0.1) is 0 Å². The van der Waals surface area contributed by atoms with Crippen LogP contribution in [0.5, 0.6) is 0 Å². The SMILES string of the molecule is Cc1ccc(Cc2cc(=O)n(-c3cc(CC(=O)O)ccn3)[nH]2)cc1. The van der Waals surface area contributed by atoms with Gasteiger partial charge in [-0.1, -0.05) is 29.8 Å². The van der Waals surface area contributed by atoms with Crippen LogP contribution in [0.15, 0.2) is 53.5 Å². The molecule has 0 saturated carbocycles. The Morgan fingerprint density at radius 1 is 1.17 bits per heavy atom. The van der Waals surface area contributed by atoms with Crippen LogP contribution < -0.4 is 5.56 Å². The first-order chi connectivity index (χ1) is 11.5. The Balaban J connectivity index is 1.87. The van der Waals surface area contributed by atoms with Crippen molar-refractivity contribution >= 4 is 5.97 Å². The molecule has 2 aromatic heterocycles. The number of carboxylic acid groups (broad SMARTS) is 1. The third-order valence-corrected chi connectivity index (χ3v) is 3.68. The molecule has 0 bridgehead atoms. The fraction of sp³-hybridized carbons (Fsp3) is 0.167. The Hall–Kier alpha value is -3.15. The van der Waals surface area contributed by atoms with Gasteiger partial charge in [0.05, 0.1) is 6.42 Å². The summed E-state index contributed by atoms with van der Waals surface area (Å²) in [4.78, 5) is 27.2. The number of hydrogen-bond acceptors (Lipinski definition) is 3. The number of nitrogens with zero attached hydrogens (tertiary/aromatic N) is 2. The second-order valence-electron chi connectivity index (χ2n) is 5.71. The van der Waals surface area contributed by atoms with E-state index in [0.717, 1.165) is 11.3 Å². The van der Waals surface area contributed by atoms with E-state index in [1.165, 1.54) is 22.5 Å². The first kappa shape index (κ1) is 15.7. The van der Waals surface area contributed by atoms with Crippen molar-refractivity contribution in [3.63, 3.8) is 0 Å². The molecule has 6 heteroatoms. The predicted molar refractivity (Wildman–Crippen MR) is 89.5 cm³/mol. The number of rotatable bonds is 5. The molecule has 0 aliphatic carbocycles. The summed E-state index contributed by atoms with van der Waals surface area (Å²) >= 11 is 0. The minimum absolute atomic E-state index is 0.110. The van der Waals surface area contributed by atoms with Crippen LogP contribution in [0.1, 0.15) is 22.4 Å². The number of aromatic nitrogens is 3. The summed E-state index contributed by atoms with van der Waals surface area (Å²) in [5.74, 6) is -0.542. The monoisotopic (exact) mass is 323 g/mol. The van der Waals surface area contributed by atoms with Crippen LogP contribution in [0, 0.1) is 6.92 Å². The van der Waals surface area contributed by atoms with Gasteiger partial charge in [-0.2, -0.15) is 0 Å². The Labute approximate surface area is 138 Å². The van der Waals surface area contributed by atoms with E-state index in [1.807, 2.05) is 31.2 Å². The summed E-state index contributed by atoms with van der Waals surface area (Å²) in [5, 5.41) is 11.9. The molecular weight excluding hydrogens is 306 g/mol. The summed E-state index contributed by atoms with van der Waals surface area (Å²) in [6.45, 7) is 2.03. The molecule has 3 aromatic rings. The number of H-pyrrole nitrogens is 1. The molecule has 6 nitrogen and oxygen atoms in total. The van der Waals surface area contributed by atoms with Crippen molar-refractivity contribution in [2.75, 3.05) is 0 Å². The van der Waals surface area contributed by atoms with Crippen LogP contribution in [0.4, 0.5) is 0 Å². The second kappa shape index (κ2) is 6.54. The minimum Gasteiger partial charge on any atom is -0.481 e. The average molecular weight is 323 g/mol. The van der Waals surface area contributed by atoms with E-state index in [0.29, 0.717) is 17.8 Å². The largest absolute Gasteiger partial charge is 0.481 e. The average Bonchev–Trinajstić information content (AvgIpc) is 2.90. The summed E-state index contributed by atoms with van der Waals surface area (Å²) < 4.78 is 1.33. The maximum atomic E-state index is 12.2. The van der Waals surface area contributed by atoms with Gasteiger partial charge in [-0.3, -0.25) is 14.7 Å². The van der Waals surface area contributed by atoms with Crippen molar-refractivity contribution in [2.24, 2.45) is 0 Å². The zero-order valence-corrected chi connectivity index (χ0v) is 13.2. The molecule has 24 heavy (non-hydrogen) atoms. The van der Waals surface area contributed by atoms with E-state index in [4.69, 9.17) is 5.11 Å². The zero-order chi connectivity index (χ0) is 17.1. The van der Waals surface area contributed by atoms with Crippen LogP contribution >= 0.6 is 0 Å². The molecule has 2 N–H and O–H groups in total. The maximum absolute atomic E-state index is 12.2. The summed E-state index contributed by atoms with van der Waals surface area (Å²) in [5.41, 5.74) is 3.42. The molecule has 0 unspecified atom stereocenters. The van der Waals surface area contributed by atoms with Gasteiger partial charge in [0.1, 0.15) is 0 Å². The van der Waals surface area contributed by atoms with Gasteiger partial charge in [0, 0.05) is 24.4 Å². The number of carboxylic acids is 1. The molecule has 0 aliphatic rings. The van der Waals surface area contributed by atoms with Crippen molar-refractivity contribution in [1.29, 1.82) is 0 Å². The molecule has 1 aromatic carbocycles. The van der Waals surface area contributed by atoms with Gasteiger partial charge in [-0.25, -0.2) is 9.67 Å². The number of pyridine rings is 1. The Bertz CT molecular complexity index is 923. The topological polar surface area (TPSA) is 88.0 Å². The van der Waals surface area contributed by atoms with Gasteiger partial charge < -0.3 is 5.11 Å². The summed E-state index contributed by atoms with van der Waals surface area (Å²) in [6.07, 6.45) is 2.00. The summed E-state index contributed by atoms with van der Waals surface area (Å²) in [7, 11) is 0. The van der Waals surface area contributed by atoms with Gasteiger partial charge >= 0.3 is 5.97 Å². The first-order valence-corrected chi connectivity index (χ1v) is 7.55. The fourth-order valence-corrected chi connectivity index (χ4v) is 2.50. The number of hydrogen-bond donors (Lipinski definition) is 2. The van der Waals surface area contributed by atoms with Gasteiger partial charge in [0.2, 0.25) is 0 Å². The summed E-state index contributed by atoms with van der Waals surface area (Å²) in [6, 6.07) is 12.9. The smallest absolute Gasteiger partial charge is 0.307 e. The highest BCUT2D eigenvalue weighted by atomic mass is 16.4. The lowest BCUT2D eigenvalue weighted by Crippen LogP contribution is -2.15. The third-order valence-electron chi connectivity index (χ3n) is 3.68. The van der Waals surface area contributed by atoms with Crippen molar-refractivity contribution < 1.29 is 9.90 Å². The van der Waals surface area contributed by atoms with Gasteiger partial charge in [-0.05, 0) is 30.2 Å². The molecule has 2 heterocycles. The van der Waals surface area contributed by atoms with E-state index in [2.05, 4.69) is 10.1 Å². The lowest BCUT2D eigenvalue weighted by molar-refractivity contribution is -0.136. The van der Waals surface area contributed by atoms with E-state index >= 15 is 0 Å². The van der Waals surface area contributed by atoms with Crippen molar-refractivity contribution in [2.45, 2.75) is 19.8 Å². The van der Waals surface area contributed by atoms with Crippen LogP contribution in [-0.2, 0) is 17.6 Å². The third kappa shape index (κ3) is 3.60. The highest BCUT2D eigenvalue weighted by Crippen LogP contribution is 2.10. The Morgan fingerprint density at radius 3 is 2.62 bits per heavy atom. The standard InChI is InChI=1S/C18H17N3O3/c1-12-2-4-13(5-3-12)8-15-11-17(22)21(20-15)16-9-14(6-7-19-16)10-18(23)24/h2-7,9,11,20H,8,10H2,1H3,(H,23,24). The van der Waals surface area contributed by atoms with Crippen LogP contribution in [0.3, 0.4) is 0 Å². The molecule has 0 atom stereocenters. The number of aliphatic carboxylic acids is 1. The van der Waals surface area contributed by atoms with Gasteiger partial charge in [0.25, 0.3) is 5.56 Å². The quantitative estimate of drug-likeness (QED) is 0.752. The maximum Gasteiger partial charge on any atom is 0.307 e. The molecular formula is C18H17N3O3. The minimum atomic E-state index is -0.925. The molecule has 3 rings (SSSR count).